The number of aryl methyl sites for hydroxylation is 1. The molecule has 4 aliphatic rings. The van der Waals surface area contributed by atoms with Crippen LogP contribution in [0.4, 0.5) is 4.79 Å². The van der Waals surface area contributed by atoms with Crippen molar-refractivity contribution in [2.24, 2.45) is 28.7 Å². The molecular weight excluding hydrogens is 727 g/mol. The van der Waals surface area contributed by atoms with Crippen LogP contribution in [0.2, 0.25) is 0 Å². The molecule has 0 saturated carbocycles. The standard InChI is InChI=1S/C45H61N3O9/c1-25-14-16-34-23-32(15-17-33(34)21-25)13-12-20-53-44(8)24-26(2)36-28(4)39-45(9,57-43(52)48(39)19-18-46-36)31(7)55-41(51)30(6)37(49)29(5)40(44)56-42-38(50)35(47(10)11)22-27(3)54-42/h14-17,21,23,26-31,35,38-40,42,50H,18-20,22,24H2,1-11H3/t26-,27+,28-,29+,30-,31+,35-,38?,39-,40-,42-,44+,45-/m1/s1. The minimum Gasteiger partial charge on any atom is -0.458 e. The fraction of sp³-hybridized carbons (Fsp3) is 0.644. The van der Waals surface area contributed by atoms with Gasteiger partial charge in [-0.1, -0.05) is 62.4 Å². The first-order chi connectivity index (χ1) is 26.8. The number of ether oxygens (including phenoxy) is 5. The third kappa shape index (κ3) is 8.51. The molecule has 0 aromatic heterocycles. The van der Waals surface area contributed by atoms with Crippen LogP contribution in [-0.2, 0) is 33.3 Å². The number of benzene rings is 2. The lowest BCUT2D eigenvalue weighted by molar-refractivity contribution is -0.296. The van der Waals surface area contributed by atoms with E-state index in [1.54, 1.807) is 25.7 Å². The van der Waals surface area contributed by atoms with E-state index in [2.05, 4.69) is 50.0 Å². The number of Topliss-reactive ketones (excluding diaryl/α,β-unsaturated/α-hetero) is 1. The van der Waals surface area contributed by atoms with Crippen molar-refractivity contribution >= 4 is 34.3 Å². The largest absolute Gasteiger partial charge is 0.458 e. The Hall–Kier alpha value is -3.86. The Morgan fingerprint density at radius 2 is 1.70 bits per heavy atom. The summed E-state index contributed by atoms with van der Waals surface area (Å²) in [5, 5.41) is 13.9. The van der Waals surface area contributed by atoms with Crippen LogP contribution in [0.25, 0.3) is 10.8 Å². The Labute approximate surface area is 337 Å². The Balaban J connectivity index is 1.42. The fourth-order valence-electron chi connectivity index (χ4n) is 9.64. The zero-order chi connectivity index (χ0) is 41.6. The SMILES string of the molecule is Cc1ccc2cc(C#CCO[C@@]3(C)C[C@@H](C)C4=NCCN5C(=O)O[C@](C)([C@H](C)OC(=O)[C@H](C)C(=O)[C@H](C)[C@H]3O[C@H]3O[C@@H](C)C[C@@H](N(C)C)C3O)[C@H]5[C@@H]4C)ccc2c1. The van der Waals surface area contributed by atoms with Crippen LogP contribution < -0.4 is 0 Å². The molecule has 3 fully saturated rings. The lowest BCUT2D eigenvalue weighted by atomic mass is 9.73. The molecule has 3 saturated heterocycles. The minimum absolute atomic E-state index is 0.00527. The van der Waals surface area contributed by atoms with Crippen molar-refractivity contribution in [3.63, 3.8) is 0 Å². The second kappa shape index (κ2) is 16.8. The van der Waals surface area contributed by atoms with Gasteiger partial charge in [-0.2, -0.15) is 0 Å². The van der Waals surface area contributed by atoms with Crippen molar-refractivity contribution < 1.29 is 43.2 Å². The predicted octanol–water partition coefficient (Wildman–Crippen LogP) is 5.57. The Morgan fingerprint density at radius 3 is 2.42 bits per heavy atom. The highest BCUT2D eigenvalue weighted by molar-refractivity contribution is 6.00. The molecule has 1 unspecified atom stereocenters. The number of carbonyl (C=O) groups is 3. The van der Waals surface area contributed by atoms with Gasteiger partial charge in [-0.3, -0.25) is 19.5 Å². The number of hydrogen-bond donors (Lipinski definition) is 1. The van der Waals surface area contributed by atoms with Crippen LogP contribution in [0.1, 0.15) is 79.4 Å². The number of ketones is 1. The van der Waals surface area contributed by atoms with E-state index in [9.17, 15) is 19.5 Å². The maximum absolute atomic E-state index is 14.5. The van der Waals surface area contributed by atoms with E-state index in [4.69, 9.17) is 28.7 Å². The van der Waals surface area contributed by atoms with Gasteiger partial charge in [0.25, 0.3) is 0 Å². The molecule has 0 spiro atoms. The molecule has 4 heterocycles. The first-order valence-electron chi connectivity index (χ1n) is 20.4. The molecule has 2 aromatic carbocycles. The number of carbonyl (C=O) groups excluding carboxylic acids is 3. The summed E-state index contributed by atoms with van der Waals surface area (Å²) in [4.78, 5) is 50.4. The lowest BCUT2D eigenvalue weighted by Gasteiger charge is -2.47. The highest BCUT2D eigenvalue weighted by Gasteiger charge is 2.60. The molecule has 310 valence electrons. The average Bonchev–Trinajstić information content (AvgIpc) is 3.29. The van der Waals surface area contributed by atoms with Gasteiger partial charge in [-0.25, -0.2) is 4.79 Å². The molecule has 4 aliphatic heterocycles. The number of hydrogen-bond acceptors (Lipinski definition) is 11. The smallest absolute Gasteiger partial charge is 0.410 e. The number of fused-ring (bicyclic) bond motifs is 2. The Kier molecular flexibility index (Phi) is 12.6. The number of aliphatic imine (C=N–C) groups is 1. The maximum atomic E-state index is 14.5. The van der Waals surface area contributed by atoms with Gasteiger partial charge in [-0.15, -0.1) is 0 Å². The average molecular weight is 788 g/mol. The van der Waals surface area contributed by atoms with E-state index < -0.39 is 71.5 Å². The summed E-state index contributed by atoms with van der Waals surface area (Å²) in [6, 6.07) is 11.6. The van der Waals surface area contributed by atoms with Crippen molar-refractivity contribution in [2.45, 2.75) is 129 Å². The zero-order valence-corrected chi connectivity index (χ0v) is 35.4. The third-order valence-electron chi connectivity index (χ3n) is 12.9. The molecule has 2 bridgehead atoms. The first-order valence-corrected chi connectivity index (χ1v) is 20.4. The van der Waals surface area contributed by atoms with Gasteiger partial charge < -0.3 is 33.7 Å². The Bertz CT molecular complexity index is 1940. The molecule has 12 heteroatoms. The number of esters is 1. The predicted molar refractivity (Wildman–Crippen MR) is 217 cm³/mol. The van der Waals surface area contributed by atoms with Gasteiger partial charge in [0.15, 0.2) is 17.7 Å². The number of cyclic esters (lactones) is 1. The summed E-state index contributed by atoms with van der Waals surface area (Å²) in [5.74, 6) is 2.66. The number of nitrogens with zero attached hydrogens (tertiary/aromatic N) is 3. The second-order valence-electron chi connectivity index (χ2n) is 17.5. The number of aliphatic hydroxyl groups is 1. The van der Waals surface area contributed by atoms with Crippen LogP contribution in [0.15, 0.2) is 41.4 Å². The molecule has 0 radical (unpaired) electrons. The summed E-state index contributed by atoms with van der Waals surface area (Å²) < 4.78 is 32.0. The van der Waals surface area contributed by atoms with Gasteiger partial charge in [0, 0.05) is 35.7 Å². The van der Waals surface area contributed by atoms with Crippen LogP contribution >= 0.6 is 0 Å². The molecule has 1 amide bonds. The summed E-state index contributed by atoms with van der Waals surface area (Å²) in [5.41, 5.74) is 0.441. The van der Waals surface area contributed by atoms with Crippen LogP contribution in [0.5, 0.6) is 0 Å². The van der Waals surface area contributed by atoms with Gasteiger partial charge in [0.1, 0.15) is 24.7 Å². The summed E-state index contributed by atoms with van der Waals surface area (Å²) in [7, 11) is 3.80. The first kappa shape index (κ1) is 42.7. The molecule has 57 heavy (non-hydrogen) atoms. The summed E-state index contributed by atoms with van der Waals surface area (Å²) >= 11 is 0. The van der Waals surface area contributed by atoms with Crippen molar-refractivity contribution in [2.75, 3.05) is 33.8 Å². The van der Waals surface area contributed by atoms with Crippen molar-refractivity contribution in [1.29, 1.82) is 0 Å². The summed E-state index contributed by atoms with van der Waals surface area (Å²) in [6.07, 6.45) is -3.83. The molecule has 13 atom stereocenters. The topological polar surface area (TPSA) is 136 Å². The number of rotatable bonds is 5. The molecular formula is C45H61N3O9. The molecule has 2 aromatic rings. The van der Waals surface area contributed by atoms with Gasteiger partial charge in [0.2, 0.25) is 0 Å². The summed E-state index contributed by atoms with van der Waals surface area (Å²) in [6.45, 7) is 17.5. The van der Waals surface area contributed by atoms with E-state index in [1.807, 2.05) is 51.9 Å². The molecule has 0 aliphatic carbocycles. The van der Waals surface area contributed by atoms with E-state index in [0.29, 0.717) is 25.9 Å². The zero-order valence-electron chi connectivity index (χ0n) is 35.4. The van der Waals surface area contributed by atoms with Gasteiger partial charge in [0.05, 0.1) is 30.4 Å². The van der Waals surface area contributed by atoms with Gasteiger partial charge in [-0.05, 0) is 97.3 Å². The highest BCUT2D eigenvalue weighted by Crippen LogP contribution is 2.43. The number of aliphatic hydroxyl groups excluding tert-OH is 1. The quantitative estimate of drug-likeness (QED) is 0.233. The third-order valence-corrected chi connectivity index (χ3v) is 12.9. The van der Waals surface area contributed by atoms with Crippen molar-refractivity contribution in [1.82, 2.24) is 9.80 Å². The van der Waals surface area contributed by atoms with Crippen LogP contribution in [0.3, 0.4) is 0 Å². The van der Waals surface area contributed by atoms with Crippen molar-refractivity contribution in [3.8, 4) is 11.8 Å². The van der Waals surface area contributed by atoms with Crippen LogP contribution in [0, 0.1) is 42.4 Å². The van der Waals surface area contributed by atoms with E-state index in [1.165, 1.54) is 12.5 Å². The molecule has 1 N–H and O–H groups in total. The lowest BCUT2D eigenvalue weighted by Crippen LogP contribution is -2.60. The van der Waals surface area contributed by atoms with E-state index in [0.717, 1.165) is 22.0 Å². The van der Waals surface area contributed by atoms with E-state index >= 15 is 0 Å². The van der Waals surface area contributed by atoms with Crippen LogP contribution in [-0.4, -0.2) is 126 Å². The number of amides is 1. The minimum atomic E-state index is -1.23. The van der Waals surface area contributed by atoms with Gasteiger partial charge >= 0.3 is 12.1 Å². The Morgan fingerprint density at radius 1 is 1.00 bits per heavy atom. The number of likely N-dealkylation sites (N-methyl/N-ethyl adjacent to an activating group) is 1. The highest BCUT2D eigenvalue weighted by atomic mass is 16.7. The fourth-order valence-corrected chi connectivity index (χ4v) is 9.64. The molecule has 6 rings (SSSR count). The normalized spacial score (nSPS) is 37.8. The monoisotopic (exact) mass is 787 g/mol. The molecule has 12 nitrogen and oxygen atoms in total. The second-order valence-corrected chi connectivity index (χ2v) is 17.5. The van der Waals surface area contributed by atoms with E-state index in [-0.39, 0.29) is 30.6 Å². The van der Waals surface area contributed by atoms with Crippen molar-refractivity contribution in [3.05, 3.63) is 47.5 Å². The maximum Gasteiger partial charge on any atom is 0.410 e.